The maximum atomic E-state index is 12.4. The summed E-state index contributed by atoms with van der Waals surface area (Å²) in [5.74, 6) is -0.0210. The molecule has 0 atom stereocenters. The minimum absolute atomic E-state index is 0.188. The van der Waals surface area contributed by atoms with Crippen molar-refractivity contribution in [3.63, 3.8) is 0 Å². The van der Waals surface area contributed by atoms with Gasteiger partial charge in [0.05, 0.1) is 19.6 Å². The average molecular weight is 371 g/mol. The van der Waals surface area contributed by atoms with Crippen molar-refractivity contribution in [3.05, 3.63) is 0 Å². The smallest absolute Gasteiger partial charge is 0.306 e. The first-order valence-electron chi connectivity index (χ1n) is 9.58. The fraction of sp³-hybridized carbons (Fsp3) is 0.900. The second kappa shape index (κ2) is 9.18. The predicted octanol–water partition coefficient (Wildman–Crippen LogP) is 2.61. The third kappa shape index (κ3) is 9.53. The molecule has 0 spiro atoms. The number of carbonyl (C=O) groups excluding carboxylic acids is 2. The lowest BCUT2D eigenvalue weighted by atomic mass is 9.88. The van der Waals surface area contributed by atoms with Crippen molar-refractivity contribution in [3.8, 4) is 0 Å². The highest BCUT2D eigenvalue weighted by atomic mass is 16.6. The van der Waals surface area contributed by atoms with E-state index >= 15 is 0 Å². The van der Waals surface area contributed by atoms with Crippen LogP contribution in [-0.2, 0) is 19.1 Å². The molecule has 0 radical (unpaired) electrons. The Morgan fingerprint density at radius 2 is 1.38 bits per heavy atom. The van der Waals surface area contributed by atoms with Crippen LogP contribution in [0.1, 0.15) is 61.3 Å². The van der Waals surface area contributed by atoms with Gasteiger partial charge in [-0.3, -0.25) is 9.59 Å². The van der Waals surface area contributed by atoms with Gasteiger partial charge in [-0.1, -0.05) is 27.7 Å². The SMILES string of the molecule is CC(C)(COCC(C)(C)CC(=O)N1CCNCC1)CC(=O)OC(C)(C)C. The molecule has 0 unspecified atom stereocenters. The summed E-state index contributed by atoms with van der Waals surface area (Å²) in [5, 5.41) is 3.26. The molecule has 6 nitrogen and oxygen atoms in total. The first-order chi connectivity index (χ1) is 11.8. The molecule has 1 rings (SSSR count). The zero-order chi connectivity index (χ0) is 20.0. The zero-order valence-electron chi connectivity index (χ0n) is 17.7. The maximum Gasteiger partial charge on any atom is 0.306 e. The van der Waals surface area contributed by atoms with Crippen molar-refractivity contribution < 1.29 is 19.1 Å². The minimum atomic E-state index is -0.472. The summed E-state index contributed by atoms with van der Waals surface area (Å²) < 4.78 is 11.3. The van der Waals surface area contributed by atoms with Gasteiger partial charge in [0.15, 0.2) is 0 Å². The van der Waals surface area contributed by atoms with E-state index in [0.717, 1.165) is 26.2 Å². The molecule has 0 saturated carbocycles. The lowest BCUT2D eigenvalue weighted by molar-refractivity contribution is -0.158. The Labute approximate surface area is 159 Å². The average Bonchev–Trinajstić information content (AvgIpc) is 2.44. The van der Waals surface area contributed by atoms with Crippen LogP contribution in [0.15, 0.2) is 0 Å². The minimum Gasteiger partial charge on any atom is -0.460 e. The molecule has 0 bridgehead atoms. The third-order valence-corrected chi connectivity index (χ3v) is 4.13. The van der Waals surface area contributed by atoms with Gasteiger partial charge >= 0.3 is 5.97 Å². The lowest BCUT2D eigenvalue weighted by Gasteiger charge is -2.32. The van der Waals surface area contributed by atoms with Gasteiger partial charge in [-0.15, -0.1) is 0 Å². The number of carbonyl (C=O) groups is 2. The topological polar surface area (TPSA) is 67.9 Å². The van der Waals surface area contributed by atoms with Gasteiger partial charge in [0, 0.05) is 32.6 Å². The molecule has 1 amide bonds. The fourth-order valence-corrected chi connectivity index (χ4v) is 2.91. The number of rotatable bonds is 8. The van der Waals surface area contributed by atoms with E-state index in [4.69, 9.17) is 9.47 Å². The highest BCUT2D eigenvalue weighted by Gasteiger charge is 2.29. The van der Waals surface area contributed by atoms with Crippen LogP contribution in [0.5, 0.6) is 0 Å². The number of amides is 1. The zero-order valence-corrected chi connectivity index (χ0v) is 17.7. The first-order valence-corrected chi connectivity index (χ1v) is 9.58. The van der Waals surface area contributed by atoms with E-state index in [1.54, 1.807) is 0 Å². The summed E-state index contributed by atoms with van der Waals surface area (Å²) in [5.41, 5.74) is -1.01. The number of nitrogens with one attached hydrogen (secondary N) is 1. The number of esters is 1. The number of piperazine rings is 1. The van der Waals surface area contributed by atoms with E-state index in [2.05, 4.69) is 5.32 Å². The highest BCUT2D eigenvalue weighted by molar-refractivity contribution is 5.77. The second-order valence-corrected chi connectivity index (χ2v) is 9.89. The molecular formula is C20H38N2O4. The summed E-state index contributed by atoms with van der Waals surface area (Å²) in [7, 11) is 0. The van der Waals surface area contributed by atoms with E-state index in [1.807, 2.05) is 53.4 Å². The van der Waals surface area contributed by atoms with E-state index in [9.17, 15) is 9.59 Å². The molecule has 152 valence electrons. The third-order valence-electron chi connectivity index (χ3n) is 4.13. The van der Waals surface area contributed by atoms with Gasteiger partial charge in [0.2, 0.25) is 5.91 Å². The van der Waals surface area contributed by atoms with Crippen molar-refractivity contribution in [2.75, 3.05) is 39.4 Å². The first kappa shape index (κ1) is 22.9. The van der Waals surface area contributed by atoms with Gasteiger partial charge in [0.1, 0.15) is 5.60 Å². The van der Waals surface area contributed by atoms with Crippen LogP contribution in [0, 0.1) is 10.8 Å². The fourth-order valence-electron chi connectivity index (χ4n) is 2.91. The van der Waals surface area contributed by atoms with E-state index in [-0.39, 0.29) is 22.7 Å². The number of nitrogens with zero attached hydrogens (tertiary/aromatic N) is 1. The Bertz CT molecular complexity index is 475. The van der Waals surface area contributed by atoms with Crippen LogP contribution in [0.3, 0.4) is 0 Å². The summed E-state index contributed by atoms with van der Waals surface area (Å²) in [4.78, 5) is 26.4. The van der Waals surface area contributed by atoms with E-state index < -0.39 is 5.60 Å². The number of hydrogen-bond acceptors (Lipinski definition) is 5. The molecule has 0 aromatic rings. The van der Waals surface area contributed by atoms with Crippen LogP contribution in [0.25, 0.3) is 0 Å². The second-order valence-electron chi connectivity index (χ2n) is 9.89. The molecule has 1 heterocycles. The van der Waals surface area contributed by atoms with Crippen LogP contribution < -0.4 is 5.32 Å². The molecule has 1 aliphatic heterocycles. The molecule has 0 aromatic heterocycles. The van der Waals surface area contributed by atoms with Gasteiger partial charge in [-0.2, -0.15) is 0 Å². The Kier molecular flexibility index (Phi) is 8.08. The van der Waals surface area contributed by atoms with E-state index in [1.165, 1.54) is 0 Å². The Morgan fingerprint density at radius 1 is 0.885 bits per heavy atom. The predicted molar refractivity (Wildman–Crippen MR) is 103 cm³/mol. The summed E-state index contributed by atoms with van der Waals surface area (Å²) >= 11 is 0. The molecule has 1 N–H and O–H groups in total. The van der Waals surface area contributed by atoms with Crippen molar-refractivity contribution in [2.24, 2.45) is 10.8 Å². The normalized spacial score (nSPS) is 16.5. The van der Waals surface area contributed by atoms with Gasteiger partial charge in [-0.25, -0.2) is 0 Å². The highest BCUT2D eigenvalue weighted by Crippen LogP contribution is 2.26. The number of ether oxygens (including phenoxy) is 2. The van der Waals surface area contributed by atoms with Crippen LogP contribution in [0.4, 0.5) is 0 Å². The monoisotopic (exact) mass is 370 g/mol. The van der Waals surface area contributed by atoms with Crippen LogP contribution in [0.2, 0.25) is 0 Å². The van der Waals surface area contributed by atoms with Gasteiger partial charge in [-0.05, 0) is 31.6 Å². The van der Waals surface area contributed by atoms with Gasteiger partial charge in [0.25, 0.3) is 0 Å². The molecule has 0 aromatic carbocycles. The quantitative estimate of drug-likeness (QED) is 0.665. The molecule has 26 heavy (non-hydrogen) atoms. The Balaban J connectivity index is 2.38. The largest absolute Gasteiger partial charge is 0.460 e. The summed E-state index contributed by atoms with van der Waals surface area (Å²) in [6.45, 7) is 17.9. The van der Waals surface area contributed by atoms with Crippen molar-refractivity contribution in [1.29, 1.82) is 0 Å². The molecule has 1 aliphatic rings. The van der Waals surface area contributed by atoms with E-state index in [0.29, 0.717) is 26.1 Å². The molecule has 6 heteroatoms. The van der Waals surface area contributed by atoms with Crippen LogP contribution >= 0.6 is 0 Å². The standard InChI is InChI=1S/C20H38N2O4/c1-18(2,3)26-17(24)13-20(6,7)15-25-14-19(4,5)12-16(23)22-10-8-21-9-11-22/h21H,8-15H2,1-7H3. The van der Waals surface area contributed by atoms with Crippen molar-refractivity contribution >= 4 is 11.9 Å². The van der Waals surface area contributed by atoms with Crippen LogP contribution in [-0.4, -0.2) is 61.8 Å². The molecule has 1 saturated heterocycles. The number of hydrogen-bond donors (Lipinski definition) is 1. The van der Waals surface area contributed by atoms with Crippen molar-refractivity contribution in [2.45, 2.75) is 66.9 Å². The summed E-state index contributed by atoms with van der Waals surface area (Å²) in [6.07, 6.45) is 0.782. The maximum absolute atomic E-state index is 12.4. The molecule has 0 aliphatic carbocycles. The van der Waals surface area contributed by atoms with Gasteiger partial charge < -0.3 is 19.7 Å². The molecular weight excluding hydrogens is 332 g/mol. The summed E-state index contributed by atoms with van der Waals surface area (Å²) in [6, 6.07) is 0. The Morgan fingerprint density at radius 3 is 1.88 bits per heavy atom. The molecule has 1 fully saturated rings. The lowest BCUT2D eigenvalue weighted by Crippen LogP contribution is -2.47. The Hall–Kier alpha value is -1.14. The van der Waals surface area contributed by atoms with Crippen molar-refractivity contribution in [1.82, 2.24) is 10.2 Å².